The minimum atomic E-state index is -0.344. The molecule has 0 amide bonds. The first-order chi connectivity index (χ1) is 8.66. The summed E-state index contributed by atoms with van der Waals surface area (Å²) in [7, 11) is 0. The molecule has 2 N–H and O–H groups in total. The summed E-state index contributed by atoms with van der Waals surface area (Å²) in [4.78, 5) is 4.47. The normalized spacial score (nSPS) is 27.7. The van der Waals surface area contributed by atoms with E-state index in [2.05, 4.69) is 23.1 Å². The van der Waals surface area contributed by atoms with Gasteiger partial charge in [0.25, 0.3) is 5.89 Å². The lowest BCUT2D eigenvalue weighted by Gasteiger charge is -2.17. The van der Waals surface area contributed by atoms with Crippen LogP contribution in [0.25, 0.3) is 6.08 Å². The van der Waals surface area contributed by atoms with Crippen LogP contribution in [0.2, 0.25) is 0 Å². The predicted molar refractivity (Wildman–Crippen MR) is 76.9 cm³/mol. The van der Waals surface area contributed by atoms with Crippen LogP contribution in [0.15, 0.2) is 10.1 Å². The van der Waals surface area contributed by atoms with Gasteiger partial charge in [0.2, 0.25) is 0 Å². The van der Waals surface area contributed by atoms with Crippen LogP contribution in [0.1, 0.15) is 63.6 Å². The monoisotopic (exact) mass is 283 g/mol. The quantitative estimate of drug-likeness (QED) is 0.903. The molecule has 3 rings (SSSR count). The molecule has 2 saturated carbocycles. The molecule has 0 spiro atoms. The molecule has 2 aliphatic rings. The van der Waals surface area contributed by atoms with Crippen molar-refractivity contribution in [2.24, 2.45) is 11.7 Å². The van der Waals surface area contributed by atoms with E-state index in [0.29, 0.717) is 11.7 Å². The molecular weight excluding hydrogens is 262 g/mol. The van der Waals surface area contributed by atoms with Crippen LogP contribution in [0.3, 0.4) is 0 Å². The first kappa shape index (κ1) is 14.5. The maximum Gasteiger partial charge on any atom is 0.250 e. The Hall–Kier alpha value is -0.870. The average Bonchev–Trinajstić information content (AvgIpc) is 3.02. The highest BCUT2D eigenvalue weighted by Gasteiger charge is 2.35. The molecule has 1 atom stereocenters. The third kappa shape index (κ3) is 3.00. The zero-order chi connectivity index (χ0) is 12.6. The van der Waals surface area contributed by atoms with E-state index in [4.69, 9.17) is 10.3 Å². The van der Waals surface area contributed by atoms with Gasteiger partial charge in [0, 0.05) is 6.08 Å². The van der Waals surface area contributed by atoms with Gasteiger partial charge in [0.1, 0.15) is 0 Å². The Labute approximate surface area is 120 Å². The summed E-state index contributed by atoms with van der Waals surface area (Å²) >= 11 is 0. The fraction of sp³-hybridized carbons (Fsp3) is 0.714. The third-order valence-electron chi connectivity index (χ3n) is 4.28. The zero-order valence-electron chi connectivity index (χ0n) is 11.4. The summed E-state index contributed by atoms with van der Waals surface area (Å²) in [5.74, 6) is 2.11. The van der Waals surface area contributed by atoms with Gasteiger partial charge in [0.15, 0.2) is 5.82 Å². The molecule has 1 unspecified atom stereocenters. The molecule has 0 saturated heterocycles. The summed E-state index contributed by atoms with van der Waals surface area (Å²) in [5, 5.41) is 4.08. The van der Waals surface area contributed by atoms with Crippen molar-refractivity contribution in [2.45, 2.75) is 57.4 Å². The van der Waals surface area contributed by atoms with Gasteiger partial charge >= 0.3 is 0 Å². The Bertz CT molecular complexity index is 463. The predicted octanol–water partition coefficient (Wildman–Crippen LogP) is 3.42. The smallest absolute Gasteiger partial charge is 0.250 e. The van der Waals surface area contributed by atoms with Crippen LogP contribution >= 0.6 is 12.4 Å². The van der Waals surface area contributed by atoms with Crippen molar-refractivity contribution in [2.75, 3.05) is 0 Å². The fourth-order valence-corrected chi connectivity index (χ4v) is 3.11. The highest BCUT2D eigenvalue weighted by molar-refractivity contribution is 5.85. The molecule has 5 heteroatoms. The molecule has 4 nitrogen and oxygen atoms in total. The van der Waals surface area contributed by atoms with Gasteiger partial charge < -0.3 is 10.3 Å². The second-order valence-corrected chi connectivity index (χ2v) is 5.97. The largest absolute Gasteiger partial charge is 0.335 e. The van der Waals surface area contributed by atoms with Gasteiger partial charge in [-0.15, -0.1) is 12.4 Å². The van der Waals surface area contributed by atoms with E-state index >= 15 is 0 Å². The zero-order valence-corrected chi connectivity index (χ0v) is 12.2. The van der Waals surface area contributed by atoms with Gasteiger partial charge in [-0.3, -0.25) is 0 Å². The molecule has 2 aliphatic carbocycles. The molecule has 0 aromatic carbocycles. The summed E-state index contributed by atoms with van der Waals surface area (Å²) < 4.78 is 5.32. The number of rotatable bonds is 2. The second-order valence-electron chi connectivity index (χ2n) is 5.97. The Morgan fingerprint density at radius 1 is 1.37 bits per heavy atom. The molecule has 19 heavy (non-hydrogen) atoms. The number of halogens is 1. The summed E-state index contributed by atoms with van der Waals surface area (Å²) in [5.41, 5.74) is 7.40. The molecule has 0 bridgehead atoms. The fourth-order valence-electron chi connectivity index (χ4n) is 3.11. The minimum absolute atomic E-state index is 0. The van der Waals surface area contributed by atoms with Crippen LogP contribution < -0.4 is 5.73 Å². The van der Waals surface area contributed by atoms with Gasteiger partial charge in [-0.1, -0.05) is 30.5 Å². The standard InChI is InChI=1S/C14H21N3O.ClH/c1-10-4-5-11(8-10)9-12-16-13(17-18-12)14(15)6-2-3-7-14;/h9-10H,2-8,15H2,1H3;1H/b11-9-;. The number of hydrogen-bond donors (Lipinski definition) is 1. The lowest BCUT2D eigenvalue weighted by molar-refractivity contribution is 0.364. The Morgan fingerprint density at radius 2 is 2.11 bits per heavy atom. The van der Waals surface area contributed by atoms with Crippen molar-refractivity contribution >= 4 is 18.5 Å². The highest BCUT2D eigenvalue weighted by Crippen LogP contribution is 2.35. The van der Waals surface area contributed by atoms with Gasteiger partial charge in [-0.2, -0.15) is 4.98 Å². The maximum atomic E-state index is 6.32. The lowest BCUT2D eigenvalue weighted by Crippen LogP contribution is -2.34. The number of hydrogen-bond acceptors (Lipinski definition) is 4. The van der Waals surface area contributed by atoms with Crippen molar-refractivity contribution in [1.82, 2.24) is 10.1 Å². The number of nitrogens with zero attached hydrogens (tertiary/aromatic N) is 2. The van der Waals surface area contributed by atoms with E-state index in [1.807, 2.05) is 0 Å². The van der Waals surface area contributed by atoms with Crippen molar-refractivity contribution < 1.29 is 4.52 Å². The maximum absolute atomic E-state index is 6.32. The van der Waals surface area contributed by atoms with Crippen LogP contribution in [-0.4, -0.2) is 10.1 Å². The lowest BCUT2D eigenvalue weighted by atomic mass is 9.99. The summed E-state index contributed by atoms with van der Waals surface area (Å²) in [6.45, 7) is 2.29. The second kappa shape index (κ2) is 5.63. The first-order valence-corrected chi connectivity index (χ1v) is 6.98. The van der Waals surface area contributed by atoms with Crippen molar-refractivity contribution in [3.05, 3.63) is 17.3 Å². The summed E-state index contributed by atoms with van der Waals surface area (Å²) in [6, 6.07) is 0. The van der Waals surface area contributed by atoms with E-state index in [1.54, 1.807) is 0 Å². The van der Waals surface area contributed by atoms with E-state index in [9.17, 15) is 0 Å². The van der Waals surface area contributed by atoms with Crippen molar-refractivity contribution in [3.63, 3.8) is 0 Å². The molecule has 1 heterocycles. The van der Waals surface area contributed by atoms with Crippen LogP contribution in [0.5, 0.6) is 0 Å². The molecule has 1 aromatic heterocycles. The Morgan fingerprint density at radius 3 is 2.74 bits per heavy atom. The molecule has 1 aromatic rings. The van der Waals surface area contributed by atoms with Crippen molar-refractivity contribution in [1.29, 1.82) is 0 Å². The van der Waals surface area contributed by atoms with E-state index in [-0.39, 0.29) is 17.9 Å². The average molecular weight is 284 g/mol. The first-order valence-electron chi connectivity index (χ1n) is 6.98. The number of allylic oxidation sites excluding steroid dienone is 1. The number of nitrogens with two attached hydrogens (primary N) is 1. The van der Waals surface area contributed by atoms with Gasteiger partial charge in [-0.05, 0) is 38.0 Å². The number of aromatic nitrogens is 2. The van der Waals surface area contributed by atoms with E-state index < -0.39 is 0 Å². The Kier molecular flexibility index (Phi) is 4.31. The molecular formula is C14H22ClN3O. The van der Waals surface area contributed by atoms with Crippen LogP contribution in [0.4, 0.5) is 0 Å². The minimum Gasteiger partial charge on any atom is -0.335 e. The van der Waals surface area contributed by atoms with Gasteiger partial charge in [0.05, 0.1) is 5.54 Å². The van der Waals surface area contributed by atoms with Crippen LogP contribution in [0, 0.1) is 5.92 Å². The van der Waals surface area contributed by atoms with Crippen molar-refractivity contribution in [3.8, 4) is 0 Å². The van der Waals surface area contributed by atoms with E-state index in [0.717, 1.165) is 31.6 Å². The van der Waals surface area contributed by atoms with E-state index in [1.165, 1.54) is 24.8 Å². The SMILES string of the molecule is CC1CC/C(=C/c2nc(C3(N)CCCC3)no2)C1.Cl. The summed E-state index contributed by atoms with van der Waals surface area (Å²) in [6.07, 6.45) is 9.92. The van der Waals surface area contributed by atoms with Gasteiger partial charge in [-0.25, -0.2) is 0 Å². The van der Waals surface area contributed by atoms with Crippen LogP contribution in [-0.2, 0) is 5.54 Å². The topological polar surface area (TPSA) is 64.9 Å². The molecule has 106 valence electrons. The highest BCUT2D eigenvalue weighted by atomic mass is 35.5. The Balaban J connectivity index is 0.00000133. The third-order valence-corrected chi connectivity index (χ3v) is 4.28. The molecule has 0 radical (unpaired) electrons. The molecule has 2 fully saturated rings. The molecule has 0 aliphatic heterocycles.